The molecule has 1 rings (SSSR count). The molecule has 1 aromatic carbocycles. The number of ether oxygens (including phenoxy) is 1. The molecule has 0 fully saturated rings. The molecule has 0 N–H and O–H groups in total. The average molecular weight is 205 g/mol. The summed E-state index contributed by atoms with van der Waals surface area (Å²) in [5.41, 5.74) is 2.55. The second-order valence-electron chi connectivity index (χ2n) is 3.51. The first-order valence-electron chi connectivity index (χ1n) is 5.20. The van der Waals surface area contributed by atoms with Crippen LogP contribution in [0.15, 0.2) is 36.9 Å². The normalized spacial score (nSPS) is 10.0. The molecular weight excluding hydrogens is 186 g/mol. The third-order valence-electron chi connectivity index (χ3n) is 2.37. The van der Waals surface area contributed by atoms with Crippen LogP contribution in [0, 0.1) is 6.92 Å². The molecule has 0 heterocycles. The Morgan fingerprint density at radius 1 is 1.40 bits per heavy atom. The summed E-state index contributed by atoms with van der Waals surface area (Å²) in [7, 11) is 1.73. The van der Waals surface area contributed by atoms with Crippen molar-refractivity contribution in [1.82, 2.24) is 0 Å². The van der Waals surface area contributed by atoms with Crippen molar-refractivity contribution in [3.63, 3.8) is 0 Å². The second kappa shape index (κ2) is 6.25. The number of hydrogen-bond acceptors (Lipinski definition) is 2. The Morgan fingerprint density at radius 3 is 2.73 bits per heavy atom. The van der Waals surface area contributed by atoms with Crippen molar-refractivity contribution in [2.75, 3.05) is 31.7 Å². The van der Waals surface area contributed by atoms with Crippen LogP contribution in [0.2, 0.25) is 0 Å². The number of para-hydroxylation sites is 1. The average Bonchev–Trinajstić information content (AvgIpc) is 2.25. The summed E-state index contributed by atoms with van der Waals surface area (Å²) in [6.07, 6.45) is 1.92. The smallest absolute Gasteiger partial charge is 0.0637 e. The molecule has 2 heteroatoms. The van der Waals surface area contributed by atoms with Crippen molar-refractivity contribution in [2.24, 2.45) is 0 Å². The predicted octanol–water partition coefficient (Wildman–Crippen LogP) is 2.63. The van der Waals surface area contributed by atoms with Crippen molar-refractivity contribution in [1.29, 1.82) is 0 Å². The minimum absolute atomic E-state index is 0.738. The molecule has 0 aliphatic carbocycles. The first-order valence-corrected chi connectivity index (χ1v) is 5.20. The molecule has 0 spiro atoms. The first-order chi connectivity index (χ1) is 7.29. The topological polar surface area (TPSA) is 12.5 Å². The van der Waals surface area contributed by atoms with E-state index in [0.717, 1.165) is 19.7 Å². The summed E-state index contributed by atoms with van der Waals surface area (Å²) in [6, 6.07) is 8.37. The Balaban J connectivity index is 2.78. The maximum Gasteiger partial charge on any atom is 0.0637 e. The Kier molecular flexibility index (Phi) is 4.91. The Bertz CT molecular complexity index is 309. The van der Waals surface area contributed by atoms with Crippen molar-refractivity contribution < 1.29 is 4.74 Å². The van der Waals surface area contributed by atoms with Crippen LogP contribution in [0.3, 0.4) is 0 Å². The molecule has 0 saturated heterocycles. The van der Waals surface area contributed by atoms with Gasteiger partial charge in [-0.15, -0.1) is 6.58 Å². The summed E-state index contributed by atoms with van der Waals surface area (Å²) in [6.45, 7) is 8.39. The van der Waals surface area contributed by atoms with Crippen LogP contribution >= 0.6 is 0 Å². The third kappa shape index (κ3) is 3.40. The van der Waals surface area contributed by atoms with Crippen molar-refractivity contribution >= 4 is 5.69 Å². The van der Waals surface area contributed by atoms with Gasteiger partial charge in [-0.3, -0.25) is 0 Å². The van der Waals surface area contributed by atoms with Gasteiger partial charge in [0.25, 0.3) is 0 Å². The number of anilines is 1. The van der Waals surface area contributed by atoms with E-state index in [1.165, 1.54) is 11.3 Å². The number of aryl methyl sites for hydroxylation is 1. The highest BCUT2D eigenvalue weighted by Gasteiger charge is 2.06. The first kappa shape index (κ1) is 11.8. The number of hydrogen-bond donors (Lipinski definition) is 0. The van der Waals surface area contributed by atoms with Crippen LogP contribution in [-0.4, -0.2) is 26.8 Å². The number of methoxy groups -OCH3 is 1. The molecule has 2 nitrogen and oxygen atoms in total. The van der Waals surface area contributed by atoms with E-state index in [4.69, 9.17) is 4.74 Å². The van der Waals surface area contributed by atoms with Crippen LogP contribution in [0.5, 0.6) is 0 Å². The van der Waals surface area contributed by atoms with Gasteiger partial charge in [-0.2, -0.15) is 0 Å². The highest BCUT2D eigenvalue weighted by atomic mass is 16.5. The van der Waals surface area contributed by atoms with E-state index in [-0.39, 0.29) is 0 Å². The fourth-order valence-electron chi connectivity index (χ4n) is 1.59. The van der Waals surface area contributed by atoms with Gasteiger partial charge < -0.3 is 9.64 Å². The summed E-state index contributed by atoms with van der Waals surface area (Å²) in [4.78, 5) is 2.27. The van der Waals surface area contributed by atoms with E-state index in [1.54, 1.807) is 7.11 Å². The summed E-state index contributed by atoms with van der Waals surface area (Å²) in [5, 5.41) is 0. The molecule has 0 atom stereocenters. The zero-order chi connectivity index (χ0) is 11.1. The largest absolute Gasteiger partial charge is 0.383 e. The van der Waals surface area contributed by atoms with E-state index in [0.29, 0.717) is 0 Å². The maximum atomic E-state index is 5.10. The number of nitrogens with zero attached hydrogens (tertiary/aromatic N) is 1. The molecule has 82 valence electrons. The lowest BCUT2D eigenvalue weighted by Crippen LogP contribution is -2.27. The lowest BCUT2D eigenvalue weighted by atomic mass is 10.2. The Morgan fingerprint density at radius 2 is 2.13 bits per heavy atom. The molecule has 0 aromatic heterocycles. The lowest BCUT2D eigenvalue weighted by Gasteiger charge is -2.24. The molecule has 0 saturated carbocycles. The van der Waals surface area contributed by atoms with Gasteiger partial charge in [0, 0.05) is 25.9 Å². The zero-order valence-electron chi connectivity index (χ0n) is 9.57. The van der Waals surface area contributed by atoms with E-state index in [2.05, 4.69) is 42.7 Å². The van der Waals surface area contributed by atoms with Crippen LogP contribution < -0.4 is 4.90 Å². The quantitative estimate of drug-likeness (QED) is 0.662. The molecule has 0 aliphatic rings. The Hall–Kier alpha value is -1.28. The minimum Gasteiger partial charge on any atom is -0.383 e. The standard InChI is InChI=1S/C13H19NO/c1-4-9-14(10-11-15-3)13-8-6-5-7-12(13)2/h4-8H,1,9-11H2,2-3H3. The van der Waals surface area contributed by atoms with Crippen LogP contribution in [-0.2, 0) is 4.74 Å². The van der Waals surface area contributed by atoms with Gasteiger partial charge in [0.05, 0.1) is 6.61 Å². The van der Waals surface area contributed by atoms with Crippen LogP contribution in [0.4, 0.5) is 5.69 Å². The fourth-order valence-corrected chi connectivity index (χ4v) is 1.59. The summed E-state index contributed by atoms with van der Waals surface area (Å²) >= 11 is 0. The van der Waals surface area contributed by atoms with Crippen molar-refractivity contribution in [3.8, 4) is 0 Å². The minimum atomic E-state index is 0.738. The summed E-state index contributed by atoms with van der Waals surface area (Å²) < 4.78 is 5.10. The van der Waals surface area contributed by atoms with Gasteiger partial charge in [0.15, 0.2) is 0 Å². The van der Waals surface area contributed by atoms with Gasteiger partial charge in [0.2, 0.25) is 0 Å². The number of benzene rings is 1. The van der Waals surface area contributed by atoms with Gasteiger partial charge in [-0.05, 0) is 18.6 Å². The van der Waals surface area contributed by atoms with Gasteiger partial charge >= 0.3 is 0 Å². The molecule has 0 bridgehead atoms. The second-order valence-corrected chi connectivity index (χ2v) is 3.51. The molecule has 0 aliphatic heterocycles. The van der Waals surface area contributed by atoms with E-state index in [9.17, 15) is 0 Å². The Labute approximate surface area is 92.2 Å². The van der Waals surface area contributed by atoms with Gasteiger partial charge in [-0.25, -0.2) is 0 Å². The molecule has 0 amide bonds. The van der Waals surface area contributed by atoms with Gasteiger partial charge in [-0.1, -0.05) is 24.3 Å². The molecular formula is C13H19NO. The van der Waals surface area contributed by atoms with Gasteiger partial charge in [0.1, 0.15) is 0 Å². The van der Waals surface area contributed by atoms with E-state index in [1.807, 2.05) is 6.08 Å². The van der Waals surface area contributed by atoms with E-state index >= 15 is 0 Å². The highest BCUT2D eigenvalue weighted by molar-refractivity contribution is 5.53. The molecule has 15 heavy (non-hydrogen) atoms. The predicted molar refractivity (Wildman–Crippen MR) is 65.5 cm³/mol. The molecule has 0 unspecified atom stereocenters. The van der Waals surface area contributed by atoms with Crippen LogP contribution in [0.1, 0.15) is 5.56 Å². The number of rotatable bonds is 6. The molecule has 0 radical (unpaired) electrons. The summed E-state index contributed by atoms with van der Waals surface area (Å²) in [5.74, 6) is 0. The highest BCUT2D eigenvalue weighted by Crippen LogP contribution is 2.18. The van der Waals surface area contributed by atoms with Crippen molar-refractivity contribution in [2.45, 2.75) is 6.92 Å². The fraction of sp³-hybridized carbons (Fsp3) is 0.385. The molecule has 1 aromatic rings. The monoisotopic (exact) mass is 205 g/mol. The van der Waals surface area contributed by atoms with E-state index < -0.39 is 0 Å². The third-order valence-corrected chi connectivity index (χ3v) is 2.37. The maximum absolute atomic E-state index is 5.10. The SMILES string of the molecule is C=CCN(CCOC)c1ccccc1C. The zero-order valence-corrected chi connectivity index (χ0v) is 9.57. The van der Waals surface area contributed by atoms with Crippen LogP contribution in [0.25, 0.3) is 0 Å². The van der Waals surface area contributed by atoms with Crippen molar-refractivity contribution in [3.05, 3.63) is 42.5 Å². The lowest BCUT2D eigenvalue weighted by molar-refractivity contribution is 0.206.